The van der Waals surface area contributed by atoms with Gasteiger partial charge in [0.25, 0.3) is 0 Å². The summed E-state index contributed by atoms with van der Waals surface area (Å²) in [5.74, 6) is -1.04. The summed E-state index contributed by atoms with van der Waals surface area (Å²) < 4.78 is 5.04. The van der Waals surface area contributed by atoms with Crippen LogP contribution >= 0.6 is 0 Å². The predicted molar refractivity (Wildman–Crippen MR) is 78.3 cm³/mol. The number of carboxylic acid groups (broad SMARTS) is 1. The van der Waals surface area contributed by atoms with E-state index in [0.29, 0.717) is 6.42 Å². The minimum Gasteiger partial charge on any atom is -0.480 e. The Labute approximate surface area is 130 Å². The van der Waals surface area contributed by atoms with Crippen LogP contribution in [0.15, 0.2) is 0 Å². The maximum Gasteiger partial charge on any atom is 0.408 e. The van der Waals surface area contributed by atoms with Gasteiger partial charge in [-0.2, -0.15) is 0 Å². The highest BCUT2D eigenvalue weighted by molar-refractivity contribution is 5.81. The molecule has 4 rings (SSSR count). The number of carboxylic acids is 1. The first-order valence-corrected chi connectivity index (χ1v) is 8.10. The number of ether oxygens (including phenoxy) is 1. The SMILES string of the molecule is CC(C)OC(=O)N[C@H](C(=O)O)C12CCCC3(CC(O)(C3)C1)C2. The summed E-state index contributed by atoms with van der Waals surface area (Å²) in [6.07, 6.45) is 4.56. The van der Waals surface area contributed by atoms with E-state index in [2.05, 4.69) is 5.32 Å². The topological polar surface area (TPSA) is 95.9 Å². The predicted octanol–water partition coefficient (Wildman–Crippen LogP) is 2.05. The molecule has 4 aliphatic carbocycles. The molecule has 0 radical (unpaired) electrons. The van der Waals surface area contributed by atoms with Crippen molar-refractivity contribution >= 4 is 12.1 Å². The average Bonchev–Trinajstić information content (AvgIpc) is 2.31. The molecular formula is C16H25NO5. The zero-order chi connectivity index (χ0) is 16.2. The fourth-order valence-corrected chi connectivity index (χ4v) is 5.51. The van der Waals surface area contributed by atoms with Gasteiger partial charge in [0.2, 0.25) is 0 Å². The average molecular weight is 311 g/mol. The van der Waals surface area contributed by atoms with Gasteiger partial charge in [-0.3, -0.25) is 0 Å². The second-order valence-electron chi connectivity index (χ2n) is 8.02. The molecule has 22 heavy (non-hydrogen) atoms. The van der Waals surface area contributed by atoms with E-state index in [4.69, 9.17) is 4.74 Å². The Morgan fingerprint density at radius 3 is 2.41 bits per heavy atom. The third-order valence-electron chi connectivity index (χ3n) is 5.66. The summed E-state index contributed by atoms with van der Waals surface area (Å²) in [4.78, 5) is 23.7. The Balaban J connectivity index is 1.81. The number of amides is 1. The summed E-state index contributed by atoms with van der Waals surface area (Å²) in [6, 6.07) is -0.995. The van der Waals surface area contributed by atoms with Crippen LogP contribution in [0.25, 0.3) is 0 Å². The highest BCUT2D eigenvalue weighted by atomic mass is 16.6. The minimum absolute atomic E-state index is 0.0859. The first kappa shape index (κ1) is 15.6. The van der Waals surface area contributed by atoms with Gasteiger partial charge in [-0.05, 0) is 57.8 Å². The van der Waals surface area contributed by atoms with Crippen molar-refractivity contribution in [3.8, 4) is 0 Å². The number of hydrogen-bond acceptors (Lipinski definition) is 4. The van der Waals surface area contributed by atoms with E-state index in [1.165, 1.54) is 0 Å². The van der Waals surface area contributed by atoms with Crippen LogP contribution in [0.1, 0.15) is 58.8 Å². The zero-order valence-corrected chi connectivity index (χ0v) is 13.2. The molecule has 1 unspecified atom stereocenters. The van der Waals surface area contributed by atoms with E-state index in [1.54, 1.807) is 13.8 Å². The van der Waals surface area contributed by atoms with E-state index >= 15 is 0 Å². The molecule has 0 heterocycles. The van der Waals surface area contributed by atoms with E-state index in [9.17, 15) is 19.8 Å². The number of hydrogen-bond donors (Lipinski definition) is 3. The molecule has 124 valence electrons. The first-order chi connectivity index (χ1) is 10.2. The molecule has 6 heteroatoms. The maximum atomic E-state index is 11.9. The Hall–Kier alpha value is -1.30. The standard InChI is InChI=1S/C16H25NO5/c1-10(2)22-13(20)17-11(12(18)19)15-5-3-4-14(6-15)7-16(21,8-14)9-15/h10-11,21H,3-9H2,1-2H3,(H,17,20)(H,18,19)/t11-,14?,15?,16?/m1/s1. The highest BCUT2D eigenvalue weighted by Gasteiger charge is 2.67. The van der Waals surface area contributed by atoms with Gasteiger partial charge in [0.1, 0.15) is 6.04 Å². The number of carbonyl (C=O) groups is 2. The van der Waals surface area contributed by atoms with Crippen LogP contribution < -0.4 is 5.32 Å². The molecule has 0 aromatic heterocycles. The van der Waals surface area contributed by atoms with Crippen molar-refractivity contribution in [3.63, 3.8) is 0 Å². The van der Waals surface area contributed by atoms with Crippen LogP contribution in [-0.2, 0) is 9.53 Å². The lowest BCUT2D eigenvalue weighted by atomic mass is 9.39. The van der Waals surface area contributed by atoms with Gasteiger partial charge in [-0.25, -0.2) is 9.59 Å². The Morgan fingerprint density at radius 1 is 1.14 bits per heavy atom. The van der Waals surface area contributed by atoms with Crippen LogP contribution in [0, 0.1) is 10.8 Å². The summed E-state index contributed by atoms with van der Waals surface area (Å²) in [5.41, 5.74) is -1.20. The summed E-state index contributed by atoms with van der Waals surface area (Å²) in [7, 11) is 0. The minimum atomic E-state index is -1.04. The molecule has 1 amide bonds. The Morgan fingerprint density at radius 2 is 1.82 bits per heavy atom. The number of alkyl carbamates (subject to hydrolysis) is 1. The number of rotatable bonds is 4. The fourth-order valence-electron chi connectivity index (χ4n) is 5.51. The lowest BCUT2D eigenvalue weighted by molar-refractivity contribution is -0.237. The smallest absolute Gasteiger partial charge is 0.408 e. The van der Waals surface area contributed by atoms with Gasteiger partial charge in [-0.1, -0.05) is 6.42 Å². The van der Waals surface area contributed by atoms with Gasteiger partial charge >= 0.3 is 12.1 Å². The Bertz CT molecular complexity index is 493. The first-order valence-electron chi connectivity index (χ1n) is 8.10. The van der Waals surface area contributed by atoms with Gasteiger partial charge < -0.3 is 20.3 Å². The van der Waals surface area contributed by atoms with Crippen molar-refractivity contribution in [2.45, 2.75) is 76.5 Å². The van der Waals surface area contributed by atoms with Crippen molar-refractivity contribution in [2.24, 2.45) is 10.8 Å². The number of aliphatic hydroxyl groups is 1. The molecule has 4 saturated carbocycles. The van der Waals surface area contributed by atoms with Crippen molar-refractivity contribution in [1.29, 1.82) is 0 Å². The highest BCUT2D eigenvalue weighted by Crippen LogP contribution is 2.70. The number of nitrogens with one attached hydrogen (secondary N) is 1. The van der Waals surface area contributed by atoms with Crippen molar-refractivity contribution in [1.82, 2.24) is 5.32 Å². The molecule has 0 aromatic carbocycles. The van der Waals surface area contributed by atoms with Gasteiger partial charge in [-0.15, -0.1) is 0 Å². The molecule has 1 spiro atoms. The maximum absolute atomic E-state index is 11.9. The molecule has 0 aliphatic heterocycles. The molecular weight excluding hydrogens is 286 g/mol. The molecule has 6 nitrogen and oxygen atoms in total. The zero-order valence-electron chi connectivity index (χ0n) is 13.2. The van der Waals surface area contributed by atoms with Gasteiger partial charge in [0.15, 0.2) is 0 Å². The quantitative estimate of drug-likeness (QED) is 0.738. The van der Waals surface area contributed by atoms with Crippen LogP contribution in [0.4, 0.5) is 4.79 Å². The van der Waals surface area contributed by atoms with E-state index in [0.717, 1.165) is 38.5 Å². The summed E-state index contributed by atoms with van der Waals surface area (Å²) >= 11 is 0. The fraction of sp³-hybridized carbons (Fsp3) is 0.875. The van der Waals surface area contributed by atoms with Crippen LogP contribution in [0.3, 0.4) is 0 Å². The molecule has 4 fully saturated rings. The third-order valence-corrected chi connectivity index (χ3v) is 5.66. The van der Waals surface area contributed by atoms with Crippen LogP contribution in [0.2, 0.25) is 0 Å². The lowest BCUT2D eigenvalue weighted by Gasteiger charge is -2.68. The normalized spacial score (nSPS) is 40.5. The summed E-state index contributed by atoms with van der Waals surface area (Å²) in [5, 5.41) is 22.8. The molecule has 2 atom stereocenters. The molecule has 3 bridgehead atoms. The molecule has 0 aromatic rings. The van der Waals surface area contributed by atoms with Crippen molar-refractivity contribution in [2.75, 3.05) is 0 Å². The molecule has 0 saturated heterocycles. The largest absolute Gasteiger partial charge is 0.480 e. The van der Waals surface area contributed by atoms with E-state index in [-0.39, 0.29) is 11.5 Å². The van der Waals surface area contributed by atoms with E-state index in [1.807, 2.05) is 0 Å². The van der Waals surface area contributed by atoms with Gasteiger partial charge in [0.05, 0.1) is 11.7 Å². The number of carbonyl (C=O) groups excluding carboxylic acids is 1. The van der Waals surface area contributed by atoms with Crippen molar-refractivity contribution in [3.05, 3.63) is 0 Å². The number of aliphatic carboxylic acids is 1. The van der Waals surface area contributed by atoms with Gasteiger partial charge in [0, 0.05) is 5.41 Å². The molecule has 3 N–H and O–H groups in total. The third kappa shape index (κ3) is 2.47. The Kier molecular flexibility index (Phi) is 3.43. The second-order valence-corrected chi connectivity index (χ2v) is 8.02. The lowest BCUT2D eigenvalue weighted by Crippen LogP contribution is -2.68. The van der Waals surface area contributed by atoms with Crippen molar-refractivity contribution < 1.29 is 24.5 Å². The van der Waals surface area contributed by atoms with Crippen LogP contribution in [0.5, 0.6) is 0 Å². The second kappa shape index (κ2) is 4.85. The van der Waals surface area contributed by atoms with Crippen LogP contribution in [-0.4, -0.2) is 40.0 Å². The summed E-state index contributed by atoms with van der Waals surface area (Å²) in [6.45, 7) is 3.45. The molecule has 4 aliphatic rings. The monoisotopic (exact) mass is 311 g/mol. The van der Waals surface area contributed by atoms with E-state index < -0.39 is 29.1 Å².